The molecule has 1 aliphatic heterocycles. The number of carbonyl (C=O) groups excluding carboxylic acids is 1. The quantitative estimate of drug-likeness (QED) is 0.654. The minimum Gasteiger partial charge on any atom is -0.351 e. The number of nitrogens with zero attached hydrogens (tertiary/aromatic N) is 3. The highest BCUT2D eigenvalue weighted by Gasteiger charge is 2.20. The van der Waals surface area contributed by atoms with Crippen molar-refractivity contribution in [1.29, 1.82) is 0 Å². The van der Waals surface area contributed by atoms with Crippen LogP contribution in [0.4, 0.5) is 5.13 Å². The molecule has 5 nitrogen and oxygen atoms in total. The molecule has 1 amide bonds. The van der Waals surface area contributed by atoms with Gasteiger partial charge >= 0.3 is 0 Å². The Bertz CT molecular complexity index is 952. The summed E-state index contributed by atoms with van der Waals surface area (Å²) in [6.45, 7) is 5.15. The van der Waals surface area contributed by atoms with Crippen LogP contribution in [0.1, 0.15) is 10.4 Å². The Balaban J connectivity index is 1.25. The molecule has 28 heavy (non-hydrogen) atoms. The van der Waals surface area contributed by atoms with Crippen molar-refractivity contribution in [2.24, 2.45) is 0 Å². The Morgan fingerprint density at radius 1 is 1.11 bits per heavy atom. The van der Waals surface area contributed by atoms with E-state index in [9.17, 15) is 4.79 Å². The SMILES string of the molecule is O=C(NCCN1CCN(c2nc3ccccc3s2)CC1)c1cc(Cl)ccc1Cl. The van der Waals surface area contributed by atoms with Gasteiger partial charge in [-0.15, -0.1) is 0 Å². The summed E-state index contributed by atoms with van der Waals surface area (Å²) in [7, 11) is 0. The van der Waals surface area contributed by atoms with Gasteiger partial charge in [0.05, 0.1) is 20.8 Å². The molecule has 1 aliphatic rings. The molecule has 0 aliphatic carbocycles. The third-order valence-corrected chi connectivity index (χ3v) is 6.47. The molecule has 1 saturated heterocycles. The van der Waals surface area contributed by atoms with Gasteiger partial charge in [-0.3, -0.25) is 9.69 Å². The van der Waals surface area contributed by atoms with Gasteiger partial charge in [0.2, 0.25) is 0 Å². The first-order valence-corrected chi connectivity index (χ1v) is 10.7. The number of halogens is 2. The monoisotopic (exact) mass is 434 g/mol. The fourth-order valence-electron chi connectivity index (χ4n) is 3.25. The van der Waals surface area contributed by atoms with Crippen molar-refractivity contribution in [2.75, 3.05) is 44.2 Å². The number of para-hydroxylation sites is 1. The topological polar surface area (TPSA) is 48.5 Å². The summed E-state index contributed by atoms with van der Waals surface area (Å²) in [5.41, 5.74) is 1.47. The average molecular weight is 435 g/mol. The van der Waals surface area contributed by atoms with E-state index in [1.807, 2.05) is 12.1 Å². The summed E-state index contributed by atoms with van der Waals surface area (Å²) in [4.78, 5) is 21.7. The van der Waals surface area contributed by atoms with Gasteiger partial charge in [0.25, 0.3) is 5.91 Å². The molecule has 0 saturated carbocycles. The first-order chi connectivity index (χ1) is 13.6. The van der Waals surface area contributed by atoms with E-state index in [1.165, 1.54) is 4.70 Å². The number of amides is 1. The molecular weight excluding hydrogens is 415 g/mol. The average Bonchev–Trinajstić information content (AvgIpc) is 3.14. The van der Waals surface area contributed by atoms with E-state index in [1.54, 1.807) is 29.5 Å². The Hall–Kier alpha value is -1.86. The van der Waals surface area contributed by atoms with Crippen LogP contribution in [0.15, 0.2) is 42.5 Å². The zero-order valence-corrected chi connectivity index (χ0v) is 17.5. The fraction of sp³-hybridized carbons (Fsp3) is 0.300. The smallest absolute Gasteiger partial charge is 0.252 e. The Morgan fingerprint density at radius 3 is 2.68 bits per heavy atom. The number of piperazine rings is 1. The summed E-state index contributed by atoms with van der Waals surface area (Å²) in [6, 6.07) is 13.1. The molecule has 0 bridgehead atoms. The Labute approximate surface area is 177 Å². The number of rotatable bonds is 5. The molecule has 3 aromatic rings. The van der Waals surface area contributed by atoms with Crippen molar-refractivity contribution in [3.05, 3.63) is 58.1 Å². The predicted octanol–water partition coefficient (Wildman–Crippen LogP) is 4.16. The fourth-order valence-corrected chi connectivity index (χ4v) is 4.65. The maximum absolute atomic E-state index is 12.3. The van der Waals surface area contributed by atoms with Crippen molar-refractivity contribution in [3.63, 3.8) is 0 Å². The summed E-state index contributed by atoms with van der Waals surface area (Å²) >= 11 is 13.8. The summed E-state index contributed by atoms with van der Waals surface area (Å²) in [5, 5.41) is 4.92. The van der Waals surface area contributed by atoms with Crippen LogP contribution in [0, 0.1) is 0 Å². The molecule has 2 heterocycles. The lowest BCUT2D eigenvalue weighted by molar-refractivity contribution is 0.0948. The van der Waals surface area contributed by atoms with Gasteiger partial charge in [-0.05, 0) is 30.3 Å². The van der Waals surface area contributed by atoms with Gasteiger partial charge in [0.1, 0.15) is 0 Å². The van der Waals surface area contributed by atoms with Gasteiger partial charge in [0.15, 0.2) is 5.13 Å². The molecule has 0 radical (unpaired) electrons. The predicted molar refractivity (Wildman–Crippen MR) is 117 cm³/mol. The second-order valence-electron chi connectivity index (χ2n) is 6.67. The molecule has 2 aromatic carbocycles. The van der Waals surface area contributed by atoms with Crippen LogP contribution < -0.4 is 10.2 Å². The summed E-state index contributed by atoms with van der Waals surface area (Å²) in [6.07, 6.45) is 0. The van der Waals surface area contributed by atoms with Crippen molar-refractivity contribution >= 4 is 55.8 Å². The lowest BCUT2D eigenvalue weighted by Crippen LogP contribution is -2.48. The van der Waals surface area contributed by atoms with E-state index in [2.05, 4.69) is 27.2 Å². The van der Waals surface area contributed by atoms with Gasteiger partial charge in [0, 0.05) is 44.3 Å². The van der Waals surface area contributed by atoms with Gasteiger partial charge in [-0.1, -0.05) is 46.7 Å². The summed E-state index contributed by atoms with van der Waals surface area (Å²) in [5.74, 6) is -0.194. The second-order valence-corrected chi connectivity index (χ2v) is 8.53. The number of anilines is 1. The zero-order chi connectivity index (χ0) is 19.5. The molecule has 4 rings (SSSR count). The zero-order valence-electron chi connectivity index (χ0n) is 15.2. The van der Waals surface area contributed by atoms with Crippen LogP contribution >= 0.6 is 34.5 Å². The van der Waals surface area contributed by atoms with Crippen molar-refractivity contribution in [3.8, 4) is 0 Å². The minimum atomic E-state index is -0.194. The molecular formula is C20H20Cl2N4OS. The van der Waals surface area contributed by atoms with Crippen LogP contribution in [-0.4, -0.2) is 55.1 Å². The van der Waals surface area contributed by atoms with Crippen molar-refractivity contribution in [2.45, 2.75) is 0 Å². The molecule has 8 heteroatoms. The van der Waals surface area contributed by atoms with Crippen LogP contribution in [0.2, 0.25) is 10.0 Å². The van der Waals surface area contributed by atoms with Crippen LogP contribution in [0.25, 0.3) is 10.2 Å². The van der Waals surface area contributed by atoms with Crippen molar-refractivity contribution in [1.82, 2.24) is 15.2 Å². The number of hydrogen-bond acceptors (Lipinski definition) is 5. The summed E-state index contributed by atoms with van der Waals surface area (Å²) < 4.78 is 1.22. The number of thiazole rings is 1. The maximum Gasteiger partial charge on any atom is 0.252 e. The molecule has 146 valence electrons. The molecule has 1 fully saturated rings. The molecule has 0 atom stereocenters. The molecule has 0 unspecified atom stereocenters. The number of benzene rings is 2. The highest BCUT2D eigenvalue weighted by atomic mass is 35.5. The number of aromatic nitrogens is 1. The standard InChI is InChI=1S/C20H20Cl2N4OS/c21-14-5-6-16(22)15(13-14)19(27)23-7-8-25-9-11-26(12-10-25)20-24-17-3-1-2-4-18(17)28-20/h1-6,13H,7-12H2,(H,23,27). The largest absolute Gasteiger partial charge is 0.351 e. The first-order valence-electron chi connectivity index (χ1n) is 9.16. The number of nitrogens with one attached hydrogen (secondary N) is 1. The van der Waals surface area contributed by atoms with Gasteiger partial charge < -0.3 is 10.2 Å². The van der Waals surface area contributed by atoms with Crippen molar-refractivity contribution < 1.29 is 4.79 Å². The molecule has 1 N–H and O–H groups in total. The molecule has 1 aromatic heterocycles. The molecule has 0 spiro atoms. The second kappa shape index (κ2) is 8.66. The highest BCUT2D eigenvalue weighted by Crippen LogP contribution is 2.29. The minimum absolute atomic E-state index is 0.194. The Kier molecular flexibility index (Phi) is 6.01. The number of carbonyl (C=O) groups is 1. The first kappa shape index (κ1) is 19.5. The number of fused-ring (bicyclic) bond motifs is 1. The van der Waals surface area contributed by atoms with Crippen LogP contribution in [0.3, 0.4) is 0 Å². The maximum atomic E-state index is 12.3. The van der Waals surface area contributed by atoms with E-state index in [-0.39, 0.29) is 5.91 Å². The van der Waals surface area contributed by atoms with E-state index in [0.29, 0.717) is 22.2 Å². The normalized spacial score (nSPS) is 15.1. The third kappa shape index (κ3) is 4.41. The Morgan fingerprint density at radius 2 is 1.89 bits per heavy atom. The third-order valence-electron chi connectivity index (χ3n) is 4.81. The lowest BCUT2D eigenvalue weighted by Gasteiger charge is -2.34. The lowest BCUT2D eigenvalue weighted by atomic mass is 10.2. The van der Waals surface area contributed by atoms with E-state index >= 15 is 0 Å². The van der Waals surface area contributed by atoms with Gasteiger partial charge in [-0.2, -0.15) is 0 Å². The van der Waals surface area contributed by atoms with E-state index in [4.69, 9.17) is 28.2 Å². The highest BCUT2D eigenvalue weighted by molar-refractivity contribution is 7.22. The van der Waals surface area contributed by atoms with Gasteiger partial charge in [-0.25, -0.2) is 4.98 Å². The van der Waals surface area contributed by atoms with Crippen LogP contribution in [-0.2, 0) is 0 Å². The van der Waals surface area contributed by atoms with E-state index in [0.717, 1.165) is 43.4 Å². The number of hydrogen-bond donors (Lipinski definition) is 1. The van der Waals surface area contributed by atoms with E-state index < -0.39 is 0 Å². The van der Waals surface area contributed by atoms with Crippen LogP contribution in [0.5, 0.6) is 0 Å².